The van der Waals surface area contributed by atoms with Crippen LogP contribution in [0.4, 0.5) is 0 Å². The van der Waals surface area contributed by atoms with Crippen LogP contribution in [0.25, 0.3) is 6.08 Å². The van der Waals surface area contributed by atoms with Crippen molar-refractivity contribution in [3.8, 4) is 11.5 Å². The van der Waals surface area contributed by atoms with Crippen LogP contribution in [0, 0.1) is 0 Å². The molecule has 0 saturated heterocycles. The first-order chi connectivity index (χ1) is 16.4. The zero-order chi connectivity index (χ0) is 24.4. The highest BCUT2D eigenvalue weighted by Crippen LogP contribution is 2.31. The molecule has 2 heterocycles. The molecule has 1 unspecified atom stereocenters. The molecule has 1 aromatic heterocycles. The van der Waals surface area contributed by atoms with Crippen LogP contribution in [0.3, 0.4) is 0 Å². The summed E-state index contributed by atoms with van der Waals surface area (Å²) in [5.41, 5.74) is 2.09. The standard InChI is InChI=1S/C25H23ClN2O5S/c1-5-33-24(30)21-14(2)27-25-28(22(21)16-7-9-17(26)10-8-16)23(29)20(34-25)13-15-6-11-18(31-3)19(12-15)32-4/h6-13,22H,5H2,1-4H3/b20-13+. The number of thiazole rings is 1. The van der Waals surface area contributed by atoms with Crippen LogP contribution < -0.4 is 24.4 Å². The number of carbonyl (C=O) groups is 1. The van der Waals surface area contributed by atoms with Crippen molar-refractivity contribution in [2.24, 2.45) is 4.99 Å². The molecule has 0 bridgehead atoms. The quantitative estimate of drug-likeness (QED) is 0.486. The summed E-state index contributed by atoms with van der Waals surface area (Å²) in [6.45, 7) is 3.71. The van der Waals surface area contributed by atoms with Crippen molar-refractivity contribution in [2.75, 3.05) is 20.8 Å². The van der Waals surface area contributed by atoms with Crippen LogP contribution in [-0.4, -0.2) is 31.4 Å². The molecule has 3 aromatic rings. The minimum Gasteiger partial charge on any atom is -0.493 e. The van der Waals surface area contributed by atoms with E-state index in [0.717, 1.165) is 11.1 Å². The van der Waals surface area contributed by atoms with Crippen molar-refractivity contribution >= 4 is 35.0 Å². The van der Waals surface area contributed by atoms with Crippen LogP contribution in [0.1, 0.15) is 31.0 Å². The number of aromatic nitrogens is 1. The normalized spacial score (nSPS) is 15.6. The van der Waals surface area contributed by atoms with Gasteiger partial charge in [-0.25, -0.2) is 9.79 Å². The summed E-state index contributed by atoms with van der Waals surface area (Å²) in [4.78, 5) is 31.6. The van der Waals surface area contributed by atoms with E-state index in [2.05, 4.69) is 4.99 Å². The summed E-state index contributed by atoms with van der Waals surface area (Å²) >= 11 is 7.34. The van der Waals surface area contributed by atoms with Gasteiger partial charge in [0.25, 0.3) is 5.56 Å². The van der Waals surface area contributed by atoms with Gasteiger partial charge in [0, 0.05) is 5.02 Å². The number of benzene rings is 2. The Morgan fingerprint density at radius 3 is 2.50 bits per heavy atom. The van der Waals surface area contributed by atoms with Crippen molar-refractivity contribution in [3.63, 3.8) is 0 Å². The zero-order valence-corrected chi connectivity index (χ0v) is 20.7. The number of esters is 1. The van der Waals surface area contributed by atoms with Crippen LogP contribution in [0.2, 0.25) is 5.02 Å². The fraction of sp³-hybridized carbons (Fsp3) is 0.240. The number of carbonyl (C=O) groups excluding carboxylic acids is 1. The summed E-state index contributed by atoms with van der Waals surface area (Å²) in [5, 5.41) is 0.558. The van der Waals surface area contributed by atoms with Gasteiger partial charge in [-0.15, -0.1) is 0 Å². The lowest BCUT2D eigenvalue weighted by atomic mass is 9.96. The first-order valence-electron chi connectivity index (χ1n) is 10.5. The minimum absolute atomic E-state index is 0.215. The lowest BCUT2D eigenvalue weighted by Crippen LogP contribution is -2.39. The molecule has 1 aliphatic heterocycles. The predicted molar refractivity (Wildman–Crippen MR) is 131 cm³/mol. The molecule has 9 heteroatoms. The number of rotatable bonds is 6. The van der Waals surface area contributed by atoms with Crippen LogP contribution >= 0.6 is 22.9 Å². The number of fused-ring (bicyclic) bond motifs is 1. The number of methoxy groups -OCH3 is 2. The first kappa shape index (κ1) is 23.8. The van der Waals surface area contributed by atoms with Crippen LogP contribution in [-0.2, 0) is 9.53 Å². The summed E-state index contributed by atoms with van der Waals surface area (Å²) < 4.78 is 18.0. The molecule has 2 aromatic carbocycles. The fourth-order valence-electron chi connectivity index (χ4n) is 3.85. The summed E-state index contributed by atoms with van der Waals surface area (Å²) in [5.74, 6) is 0.653. The number of nitrogens with zero attached hydrogens (tertiary/aromatic N) is 2. The Morgan fingerprint density at radius 2 is 1.85 bits per heavy atom. The predicted octanol–water partition coefficient (Wildman–Crippen LogP) is 3.47. The van der Waals surface area contributed by atoms with E-state index in [1.807, 2.05) is 6.07 Å². The van der Waals surface area contributed by atoms with Crippen molar-refractivity contribution in [1.82, 2.24) is 4.57 Å². The Balaban J connectivity index is 1.92. The number of ether oxygens (including phenoxy) is 3. The molecular formula is C25H23ClN2O5S. The van der Waals surface area contributed by atoms with E-state index in [9.17, 15) is 9.59 Å². The molecule has 0 radical (unpaired) electrons. The topological polar surface area (TPSA) is 79.1 Å². The summed E-state index contributed by atoms with van der Waals surface area (Å²) in [6, 6.07) is 11.8. The average Bonchev–Trinajstić information content (AvgIpc) is 3.13. The molecule has 4 rings (SSSR count). The number of halogens is 1. The number of hydrogen-bond donors (Lipinski definition) is 0. The van der Waals surface area contributed by atoms with Crippen molar-refractivity contribution in [2.45, 2.75) is 19.9 Å². The third kappa shape index (κ3) is 4.38. The van der Waals surface area contributed by atoms with E-state index in [0.29, 0.717) is 37.1 Å². The second kappa shape index (κ2) is 9.87. The fourth-order valence-corrected chi connectivity index (χ4v) is 5.02. The highest BCUT2D eigenvalue weighted by molar-refractivity contribution is 7.07. The Labute approximate surface area is 205 Å². The van der Waals surface area contributed by atoms with Gasteiger partial charge in [-0.1, -0.05) is 41.1 Å². The second-order valence-corrected chi connectivity index (χ2v) is 8.91. The highest BCUT2D eigenvalue weighted by atomic mass is 35.5. The molecule has 0 amide bonds. The Morgan fingerprint density at radius 1 is 1.15 bits per heavy atom. The third-order valence-corrected chi connectivity index (χ3v) is 6.64. The van der Waals surface area contributed by atoms with Gasteiger partial charge in [0.1, 0.15) is 0 Å². The third-order valence-electron chi connectivity index (χ3n) is 5.41. The van der Waals surface area contributed by atoms with E-state index in [1.54, 1.807) is 75.1 Å². The van der Waals surface area contributed by atoms with Crippen LogP contribution in [0.15, 0.2) is 63.5 Å². The van der Waals surface area contributed by atoms with Gasteiger partial charge in [0.2, 0.25) is 0 Å². The lowest BCUT2D eigenvalue weighted by Gasteiger charge is -2.24. The van der Waals surface area contributed by atoms with Gasteiger partial charge in [-0.05, 0) is 55.3 Å². The molecule has 0 spiro atoms. The number of allylic oxidation sites excluding steroid dienone is 1. The maximum absolute atomic E-state index is 13.6. The molecule has 7 nitrogen and oxygen atoms in total. The Hall–Kier alpha value is -3.36. The highest BCUT2D eigenvalue weighted by Gasteiger charge is 2.33. The van der Waals surface area contributed by atoms with Crippen molar-refractivity contribution in [3.05, 3.63) is 89.6 Å². The molecule has 0 aliphatic carbocycles. The lowest BCUT2D eigenvalue weighted by molar-refractivity contribution is -0.139. The van der Waals surface area contributed by atoms with Gasteiger partial charge in [0.15, 0.2) is 16.3 Å². The summed E-state index contributed by atoms with van der Waals surface area (Å²) in [6.07, 6.45) is 1.77. The van der Waals surface area contributed by atoms with Crippen molar-refractivity contribution < 1.29 is 19.0 Å². The van der Waals surface area contributed by atoms with Gasteiger partial charge in [0.05, 0.1) is 42.7 Å². The van der Waals surface area contributed by atoms with Crippen molar-refractivity contribution in [1.29, 1.82) is 0 Å². The average molecular weight is 499 g/mol. The second-order valence-electron chi connectivity index (χ2n) is 7.47. The molecule has 0 N–H and O–H groups in total. The molecule has 0 saturated carbocycles. The SMILES string of the molecule is CCOC(=O)C1=C(C)N=c2s/c(=C/c3ccc(OC)c(OC)c3)c(=O)n2C1c1ccc(Cl)cc1. The van der Waals surface area contributed by atoms with E-state index in [1.165, 1.54) is 11.3 Å². The first-order valence-corrected chi connectivity index (χ1v) is 11.7. The Bertz CT molecular complexity index is 1450. The monoisotopic (exact) mass is 498 g/mol. The van der Waals surface area contributed by atoms with Gasteiger partial charge < -0.3 is 14.2 Å². The van der Waals surface area contributed by atoms with Gasteiger partial charge >= 0.3 is 5.97 Å². The van der Waals surface area contributed by atoms with E-state index in [-0.39, 0.29) is 12.2 Å². The smallest absolute Gasteiger partial charge is 0.338 e. The summed E-state index contributed by atoms with van der Waals surface area (Å²) in [7, 11) is 3.12. The Kier molecular flexibility index (Phi) is 6.90. The number of hydrogen-bond acceptors (Lipinski definition) is 7. The minimum atomic E-state index is -0.680. The maximum Gasteiger partial charge on any atom is 0.338 e. The maximum atomic E-state index is 13.6. The molecule has 176 valence electrons. The van der Waals surface area contributed by atoms with E-state index >= 15 is 0 Å². The van der Waals surface area contributed by atoms with Gasteiger partial charge in [-0.2, -0.15) is 0 Å². The largest absolute Gasteiger partial charge is 0.493 e. The zero-order valence-electron chi connectivity index (χ0n) is 19.1. The molecule has 1 atom stereocenters. The molecule has 1 aliphatic rings. The molecule has 0 fully saturated rings. The molecular weight excluding hydrogens is 476 g/mol. The van der Waals surface area contributed by atoms with Crippen LogP contribution in [0.5, 0.6) is 11.5 Å². The van der Waals surface area contributed by atoms with E-state index in [4.69, 9.17) is 25.8 Å². The van der Waals surface area contributed by atoms with Gasteiger partial charge in [-0.3, -0.25) is 9.36 Å². The molecule has 34 heavy (non-hydrogen) atoms. The van der Waals surface area contributed by atoms with E-state index < -0.39 is 12.0 Å².